The largest absolute Gasteiger partial charge is 0.497 e. The minimum Gasteiger partial charge on any atom is -0.497 e. The molecule has 0 radical (unpaired) electrons. The Labute approximate surface area is 182 Å². The van der Waals surface area contributed by atoms with Crippen molar-refractivity contribution >= 4 is 16.9 Å². The zero-order valence-corrected chi connectivity index (χ0v) is 18.2. The molecule has 0 unspecified atom stereocenters. The van der Waals surface area contributed by atoms with Crippen molar-refractivity contribution in [3.63, 3.8) is 0 Å². The summed E-state index contributed by atoms with van der Waals surface area (Å²) in [7, 11) is 1.59. The maximum absolute atomic E-state index is 12.5. The van der Waals surface area contributed by atoms with E-state index in [1.54, 1.807) is 19.2 Å². The molecule has 0 saturated carbocycles. The smallest absolute Gasteiger partial charge is 0.251 e. The number of aromatic nitrogens is 2. The number of hydrogen-bond donors (Lipinski definition) is 1. The van der Waals surface area contributed by atoms with Crippen LogP contribution in [0, 0.1) is 13.8 Å². The summed E-state index contributed by atoms with van der Waals surface area (Å²) in [6.07, 6.45) is 0.648. The molecule has 0 aliphatic carbocycles. The van der Waals surface area contributed by atoms with Gasteiger partial charge in [-0.3, -0.25) is 4.79 Å². The lowest BCUT2D eigenvalue weighted by Gasteiger charge is -2.13. The number of rotatable bonds is 7. The Balaban J connectivity index is 1.54. The van der Waals surface area contributed by atoms with Gasteiger partial charge in [0.2, 0.25) is 0 Å². The number of fused-ring (bicyclic) bond motifs is 1. The molecule has 158 valence electrons. The number of aryl methyl sites for hydroxylation is 2. The number of nitrogens with one attached hydrogen (secondary N) is 1. The molecule has 0 fully saturated rings. The molecule has 0 saturated heterocycles. The molecule has 0 aliphatic rings. The topological polar surface area (TPSA) is 56.1 Å². The molecular formula is C26H27N3O2. The van der Waals surface area contributed by atoms with E-state index >= 15 is 0 Å². The van der Waals surface area contributed by atoms with E-state index in [9.17, 15) is 4.79 Å². The van der Waals surface area contributed by atoms with Gasteiger partial charge in [-0.2, -0.15) is 0 Å². The van der Waals surface area contributed by atoms with Gasteiger partial charge in [0.1, 0.15) is 11.6 Å². The number of carbonyl (C=O) groups is 1. The van der Waals surface area contributed by atoms with Crippen molar-refractivity contribution < 1.29 is 9.53 Å². The first-order valence-corrected chi connectivity index (χ1v) is 10.5. The van der Waals surface area contributed by atoms with Gasteiger partial charge in [0.05, 0.1) is 18.1 Å². The maximum Gasteiger partial charge on any atom is 0.251 e. The van der Waals surface area contributed by atoms with E-state index in [-0.39, 0.29) is 5.91 Å². The van der Waals surface area contributed by atoms with Gasteiger partial charge < -0.3 is 14.6 Å². The minimum absolute atomic E-state index is 0.115. The summed E-state index contributed by atoms with van der Waals surface area (Å²) in [5, 5.41) is 3.01. The molecule has 0 atom stereocenters. The van der Waals surface area contributed by atoms with Gasteiger partial charge in [0, 0.05) is 25.1 Å². The van der Waals surface area contributed by atoms with Crippen LogP contribution in [-0.4, -0.2) is 29.1 Å². The van der Waals surface area contributed by atoms with Crippen LogP contribution in [0.2, 0.25) is 0 Å². The Hall–Kier alpha value is -3.60. The van der Waals surface area contributed by atoms with Crippen molar-refractivity contribution in [2.24, 2.45) is 0 Å². The lowest BCUT2D eigenvalue weighted by atomic mass is 10.1. The molecule has 5 heteroatoms. The lowest BCUT2D eigenvalue weighted by Crippen LogP contribution is -2.26. The average molecular weight is 414 g/mol. The van der Waals surface area contributed by atoms with Gasteiger partial charge in [-0.05, 0) is 55.3 Å². The first kappa shape index (κ1) is 20.7. The Morgan fingerprint density at radius 1 is 1.03 bits per heavy atom. The average Bonchev–Trinajstić information content (AvgIpc) is 3.13. The molecule has 31 heavy (non-hydrogen) atoms. The SMILES string of the molecule is COc1cccc(C(=O)NCCc2nc3ccccc3n2Cc2cc(C)ccc2C)c1. The molecule has 0 spiro atoms. The van der Waals surface area contributed by atoms with Crippen LogP contribution in [-0.2, 0) is 13.0 Å². The van der Waals surface area contributed by atoms with Crippen LogP contribution in [0.5, 0.6) is 5.75 Å². The number of nitrogens with zero attached hydrogens (tertiary/aromatic N) is 2. The van der Waals surface area contributed by atoms with E-state index in [2.05, 4.69) is 48.0 Å². The second kappa shape index (κ2) is 9.04. The minimum atomic E-state index is -0.115. The number of ether oxygens (including phenoxy) is 1. The van der Waals surface area contributed by atoms with Crippen molar-refractivity contribution in [1.82, 2.24) is 14.9 Å². The molecule has 1 aromatic heterocycles. The van der Waals surface area contributed by atoms with Gasteiger partial charge >= 0.3 is 0 Å². The molecule has 0 bridgehead atoms. The van der Waals surface area contributed by atoms with Crippen molar-refractivity contribution in [3.8, 4) is 5.75 Å². The molecule has 5 nitrogen and oxygen atoms in total. The van der Waals surface area contributed by atoms with Crippen molar-refractivity contribution in [1.29, 1.82) is 0 Å². The van der Waals surface area contributed by atoms with E-state index in [4.69, 9.17) is 9.72 Å². The van der Waals surface area contributed by atoms with Gasteiger partial charge in [0.15, 0.2) is 0 Å². The summed E-state index contributed by atoms with van der Waals surface area (Å²) >= 11 is 0. The van der Waals surface area contributed by atoms with Crippen molar-refractivity contribution in [3.05, 3.63) is 94.8 Å². The molecule has 0 aliphatic heterocycles. The van der Waals surface area contributed by atoms with Crippen molar-refractivity contribution in [2.45, 2.75) is 26.8 Å². The highest BCUT2D eigenvalue weighted by atomic mass is 16.5. The van der Waals surface area contributed by atoms with E-state index in [0.717, 1.165) is 23.4 Å². The van der Waals surface area contributed by atoms with Crippen molar-refractivity contribution in [2.75, 3.05) is 13.7 Å². The van der Waals surface area contributed by atoms with E-state index in [0.29, 0.717) is 24.3 Å². The molecule has 3 aromatic carbocycles. The third-order valence-electron chi connectivity index (χ3n) is 5.53. The molecular weight excluding hydrogens is 386 g/mol. The first-order chi connectivity index (χ1) is 15.0. The fourth-order valence-electron chi connectivity index (χ4n) is 3.79. The van der Waals surface area contributed by atoms with Crippen LogP contribution in [0.1, 0.15) is 32.9 Å². The zero-order chi connectivity index (χ0) is 21.8. The fourth-order valence-corrected chi connectivity index (χ4v) is 3.79. The Bertz CT molecular complexity index is 1230. The summed E-state index contributed by atoms with van der Waals surface area (Å²) in [5.41, 5.74) is 6.46. The lowest BCUT2D eigenvalue weighted by molar-refractivity contribution is 0.0953. The summed E-state index contributed by atoms with van der Waals surface area (Å²) < 4.78 is 7.47. The number of methoxy groups -OCH3 is 1. The molecule has 1 heterocycles. The number of para-hydroxylation sites is 2. The van der Waals surface area contributed by atoms with E-state index < -0.39 is 0 Å². The quantitative estimate of drug-likeness (QED) is 0.479. The van der Waals surface area contributed by atoms with Crippen LogP contribution in [0.4, 0.5) is 0 Å². The van der Waals surface area contributed by atoms with Crippen LogP contribution in [0.3, 0.4) is 0 Å². The van der Waals surface area contributed by atoms with Gasteiger partial charge in [-0.15, -0.1) is 0 Å². The van der Waals surface area contributed by atoms with Crippen LogP contribution in [0.25, 0.3) is 11.0 Å². The predicted molar refractivity (Wildman–Crippen MR) is 124 cm³/mol. The number of amides is 1. The highest BCUT2D eigenvalue weighted by Crippen LogP contribution is 2.20. The summed E-state index contributed by atoms with van der Waals surface area (Å²) in [6.45, 7) is 5.52. The summed E-state index contributed by atoms with van der Waals surface area (Å²) in [6, 6.07) is 21.9. The van der Waals surface area contributed by atoms with Crippen LogP contribution < -0.4 is 10.1 Å². The molecule has 1 N–H and O–H groups in total. The first-order valence-electron chi connectivity index (χ1n) is 10.5. The Kier molecular flexibility index (Phi) is 6.03. The highest BCUT2D eigenvalue weighted by molar-refractivity contribution is 5.94. The van der Waals surface area contributed by atoms with E-state index in [1.165, 1.54) is 16.7 Å². The molecule has 4 aromatic rings. The summed E-state index contributed by atoms with van der Waals surface area (Å²) in [5.74, 6) is 1.52. The third-order valence-corrected chi connectivity index (χ3v) is 5.53. The third kappa shape index (κ3) is 4.61. The summed E-state index contributed by atoms with van der Waals surface area (Å²) in [4.78, 5) is 17.4. The highest BCUT2D eigenvalue weighted by Gasteiger charge is 2.13. The second-order valence-corrected chi connectivity index (χ2v) is 7.77. The number of benzene rings is 3. The Morgan fingerprint density at radius 2 is 1.87 bits per heavy atom. The number of imidazole rings is 1. The molecule has 4 rings (SSSR count). The fraction of sp³-hybridized carbons (Fsp3) is 0.231. The number of hydrogen-bond acceptors (Lipinski definition) is 3. The van der Waals surface area contributed by atoms with Crippen LogP contribution >= 0.6 is 0 Å². The normalized spacial score (nSPS) is 10.9. The van der Waals surface area contributed by atoms with E-state index in [1.807, 2.05) is 30.3 Å². The van der Waals surface area contributed by atoms with Gasteiger partial charge in [-0.1, -0.05) is 42.0 Å². The van der Waals surface area contributed by atoms with Gasteiger partial charge in [-0.25, -0.2) is 4.98 Å². The predicted octanol–water partition coefficient (Wildman–Crippen LogP) is 4.68. The van der Waals surface area contributed by atoms with Crippen LogP contribution in [0.15, 0.2) is 66.7 Å². The Morgan fingerprint density at radius 3 is 2.71 bits per heavy atom. The molecule has 1 amide bonds. The zero-order valence-electron chi connectivity index (χ0n) is 18.2. The second-order valence-electron chi connectivity index (χ2n) is 7.77. The monoisotopic (exact) mass is 413 g/mol. The number of carbonyl (C=O) groups excluding carboxylic acids is 1. The van der Waals surface area contributed by atoms with Gasteiger partial charge in [0.25, 0.3) is 5.91 Å². The standard InChI is InChI=1S/C26H27N3O2/c1-18-11-12-19(2)21(15-18)17-29-24-10-5-4-9-23(24)28-25(29)13-14-27-26(30)20-7-6-8-22(16-20)31-3/h4-12,15-16H,13-14,17H2,1-3H3,(H,27,30). The maximum atomic E-state index is 12.5.